The second-order valence-corrected chi connectivity index (χ2v) is 11.5. The van der Waals surface area contributed by atoms with Gasteiger partial charge in [0.25, 0.3) is 5.91 Å². The van der Waals surface area contributed by atoms with Crippen molar-refractivity contribution < 1.29 is 4.79 Å². The maximum Gasteiger partial charge on any atom is 0.263 e. The van der Waals surface area contributed by atoms with Gasteiger partial charge < -0.3 is 20.4 Å². The number of thiophene rings is 1. The third-order valence-electron chi connectivity index (χ3n) is 6.42. The van der Waals surface area contributed by atoms with Crippen LogP contribution in [0.5, 0.6) is 0 Å². The molecule has 2 N–H and O–H groups in total. The van der Waals surface area contributed by atoms with Gasteiger partial charge in [0.2, 0.25) is 5.95 Å². The van der Waals surface area contributed by atoms with E-state index in [1.807, 2.05) is 24.3 Å². The molecule has 11 heteroatoms. The van der Waals surface area contributed by atoms with Crippen molar-refractivity contribution in [3.63, 3.8) is 0 Å². The quantitative estimate of drug-likeness (QED) is 0.253. The van der Waals surface area contributed by atoms with Crippen LogP contribution in [0.4, 0.5) is 11.6 Å². The molecule has 0 unspecified atom stereocenters. The van der Waals surface area contributed by atoms with Crippen LogP contribution in [-0.4, -0.2) is 72.1 Å². The van der Waals surface area contributed by atoms with Gasteiger partial charge >= 0.3 is 0 Å². The Balaban J connectivity index is 1.45. The number of halogens is 1. The standard InChI is InChI=1S/C25H22IN7OS2/c1-32-9-11-33(12-10-32)25-29-15(6-13-35-26)14-19(31-25)18-3-2-16-17(30-18)4-5-20-21(16)22-23(36-20)24(34)28-8-7-27-22/h2-5,14,27H,7-12H2,1H3,(H,28,34). The van der Waals surface area contributed by atoms with Gasteiger partial charge in [-0.2, -0.15) is 0 Å². The van der Waals surface area contributed by atoms with E-state index in [4.69, 9.17) is 15.0 Å². The number of rotatable bonds is 2. The van der Waals surface area contributed by atoms with Gasteiger partial charge in [0.15, 0.2) is 0 Å². The molecule has 2 aliphatic heterocycles. The molecule has 0 atom stereocenters. The van der Waals surface area contributed by atoms with Crippen molar-refractivity contribution >= 4 is 80.0 Å². The maximum atomic E-state index is 12.5. The Morgan fingerprint density at radius 3 is 2.69 bits per heavy atom. The number of piperazine rings is 1. The highest BCUT2D eigenvalue weighted by molar-refractivity contribution is 14.2. The van der Waals surface area contributed by atoms with Crippen molar-refractivity contribution in [3.05, 3.63) is 40.9 Å². The van der Waals surface area contributed by atoms with Gasteiger partial charge in [-0.05, 0) is 51.4 Å². The highest BCUT2D eigenvalue weighted by Gasteiger charge is 2.23. The number of hydrogen-bond donors (Lipinski definition) is 2. The molecule has 1 fully saturated rings. The van der Waals surface area contributed by atoms with E-state index in [0.29, 0.717) is 24.7 Å². The number of benzene rings is 1. The molecule has 5 heterocycles. The zero-order valence-electron chi connectivity index (χ0n) is 19.5. The molecule has 0 aliphatic carbocycles. The fourth-order valence-electron chi connectivity index (χ4n) is 4.57. The minimum absolute atomic E-state index is 0.0235. The van der Waals surface area contributed by atoms with Gasteiger partial charge in [0.05, 0.1) is 22.6 Å². The Morgan fingerprint density at radius 1 is 1.03 bits per heavy atom. The van der Waals surface area contributed by atoms with Crippen molar-refractivity contribution in [2.75, 3.05) is 56.5 Å². The first kappa shape index (κ1) is 23.7. The van der Waals surface area contributed by atoms with Crippen molar-refractivity contribution in [1.29, 1.82) is 0 Å². The van der Waals surface area contributed by atoms with E-state index < -0.39 is 0 Å². The van der Waals surface area contributed by atoms with Crippen LogP contribution in [0.15, 0.2) is 30.3 Å². The van der Waals surface area contributed by atoms with Crippen LogP contribution in [-0.2, 0) is 0 Å². The molecule has 1 saturated heterocycles. The van der Waals surface area contributed by atoms with E-state index in [2.05, 4.69) is 65.9 Å². The molecule has 0 bridgehead atoms. The van der Waals surface area contributed by atoms with Crippen molar-refractivity contribution in [3.8, 4) is 22.6 Å². The average Bonchev–Trinajstić information content (AvgIpc) is 3.19. The van der Waals surface area contributed by atoms with E-state index in [-0.39, 0.29) is 5.91 Å². The summed E-state index contributed by atoms with van der Waals surface area (Å²) in [6.07, 6.45) is 0. The summed E-state index contributed by atoms with van der Waals surface area (Å²) in [7, 11) is 3.57. The molecule has 0 spiro atoms. The summed E-state index contributed by atoms with van der Waals surface area (Å²) in [6, 6.07) is 10.1. The largest absolute Gasteiger partial charge is 0.381 e. The zero-order chi connectivity index (χ0) is 24.6. The van der Waals surface area contributed by atoms with Crippen LogP contribution in [0, 0.1) is 11.2 Å². The van der Waals surface area contributed by atoms with Crippen LogP contribution in [0.2, 0.25) is 0 Å². The maximum absolute atomic E-state index is 12.5. The zero-order valence-corrected chi connectivity index (χ0v) is 23.3. The number of anilines is 2. The first-order chi connectivity index (χ1) is 17.6. The third-order valence-corrected chi connectivity index (χ3v) is 8.41. The molecule has 0 radical (unpaired) electrons. The SMILES string of the molecule is CN1CCN(c2nc(C#CSI)cc(-c3ccc4c(ccc5sc6c(c54)NCCNC6=O)n3)n2)CC1. The van der Waals surface area contributed by atoms with Gasteiger partial charge in [0, 0.05) is 82.0 Å². The molecular formula is C25H22IN7OS2. The third kappa shape index (κ3) is 4.47. The molecule has 1 aromatic carbocycles. The number of likely N-dealkylation sites (N-methyl/N-ethyl adjacent to an activating group) is 1. The lowest BCUT2D eigenvalue weighted by Gasteiger charge is -2.32. The molecule has 8 nitrogen and oxygen atoms in total. The van der Waals surface area contributed by atoms with Crippen LogP contribution in [0.25, 0.3) is 32.4 Å². The number of carbonyl (C=O) groups is 1. The molecule has 1 amide bonds. The Hall–Kier alpha value is -2.66. The summed E-state index contributed by atoms with van der Waals surface area (Å²) in [6.45, 7) is 5.00. The monoisotopic (exact) mass is 627 g/mol. The Morgan fingerprint density at radius 2 is 1.86 bits per heavy atom. The second kappa shape index (κ2) is 10.0. The summed E-state index contributed by atoms with van der Waals surface area (Å²) in [4.78, 5) is 32.4. The topological polar surface area (TPSA) is 86.3 Å². The van der Waals surface area contributed by atoms with Crippen LogP contribution >= 0.6 is 41.5 Å². The van der Waals surface area contributed by atoms with Crippen LogP contribution < -0.4 is 15.5 Å². The lowest BCUT2D eigenvalue weighted by atomic mass is 10.1. The fraction of sp³-hybridized carbons (Fsp3) is 0.280. The van der Waals surface area contributed by atoms with E-state index >= 15 is 0 Å². The van der Waals surface area contributed by atoms with Gasteiger partial charge in [-0.1, -0.05) is 0 Å². The predicted molar refractivity (Wildman–Crippen MR) is 157 cm³/mol. The molecule has 2 aliphatic rings. The van der Waals surface area contributed by atoms with E-state index in [1.54, 1.807) is 0 Å². The van der Waals surface area contributed by atoms with Crippen molar-refractivity contribution in [2.45, 2.75) is 0 Å². The van der Waals surface area contributed by atoms with Crippen molar-refractivity contribution in [2.24, 2.45) is 0 Å². The Kier molecular flexibility index (Phi) is 6.59. The van der Waals surface area contributed by atoms with Crippen LogP contribution in [0.3, 0.4) is 0 Å². The van der Waals surface area contributed by atoms with Crippen LogP contribution in [0.1, 0.15) is 15.4 Å². The minimum atomic E-state index is -0.0235. The van der Waals surface area contributed by atoms with Gasteiger partial charge in [-0.3, -0.25) is 4.79 Å². The Bertz CT molecular complexity index is 1550. The number of carbonyl (C=O) groups excluding carboxylic acids is 1. The van der Waals surface area contributed by atoms with Gasteiger partial charge in [-0.15, -0.1) is 11.3 Å². The molecule has 36 heavy (non-hydrogen) atoms. The lowest BCUT2D eigenvalue weighted by Crippen LogP contribution is -2.45. The summed E-state index contributed by atoms with van der Waals surface area (Å²) in [5.41, 5.74) is 3.98. The fourth-order valence-corrected chi connectivity index (χ4v) is 6.15. The predicted octanol–water partition coefficient (Wildman–Crippen LogP) is 4.21. The average molecular weight is 628 g/mol. The first-order valence-electron chi connectivity index (χ1n) is 11.6. The summed E-state index contributed by atoms with van der Waals surface area (Å²) in [5, 5.41) is 11.5. The molecular weight excluding hydrogens is 605 g/mol. The number of nitrogens with one attached hydrogen (secondary N) is 2. The molecule has 4 aromatic rings. The number of aromatic nitrogens is 3. The highest BCUT2D eigenvalue weighted by Crippen LogP contribution is 2.41. The number of fused-ring (bicyclic) bond motifs is 5. The normalized spacial score (nSPS) is 16.2. The molecule has 182 valence electrons. The Labute approximate surface area is 228 Å². The van der Waals surface area contributed by atoms with Crippen molar-refractivity contribution in [1.82, 2.24) is 25.2 Å². The molecule has 0 saturated carbocycles. The van der Waals surface area contributed by atoms with Gasteiger partial charge in [-0.25, -0.2) is 15.0 Å². The number of hydrogen-bond acceptors (Lipinski definition) is 9. The van der Waals surface area contributed by atoms with E-state index in [9.17, 15) is 4.79 Å². The van der Waals surface area contributed by atoms with Gasteiger partial charge in [0.1, 0.15) is 10.6 Å². The number of nitrogens with zero attached hydrogens (tertiary/aromatic N) is 5. The minimum Gasteiger partial charge on any atom is -0.381 e. The smallest absolute Gasteiger partial charge is 0.263 e. The molecule has 3 aromatic heterocycles. The highest BCUT2D eigenvalue weighted by atomic mass is 127. The molecule has 6 rings (SSSR count). The van der Waals surface area contributed by atoms with E-state index in [1.165, 1.54) is 20.3 Å². The lowest BCUT2D eigenvalue weighted by molar-refractivity contribution is 0.0962. The first-order valence-corrected chi connectivity index (χ1v) is 15.8. The number of pyridine rings is 1. The summed E-state index contributed by atoms with van der Waals surface area (Å²) in [5.74, 6) is 3.81. The second-order valence-electron chi connectivity index (χ2n) is 8.72. The van der Waals surface area contributed by atoms with E-state index in [0.717, 1.165) is 69.1 Å². The number of amides is 1. The summed E-state index contributed by atoms with van der Waals surface area (Å²) >= 11 is 3.68. The summed E-state index contributed by atoms with van der Waals surface area (Å²) < 4.78 is 1.07.